The van der Waals surface area contributed by atoms with Crippen LogP contribution in [0.2, 0.25) is 0 Å². The summed E-state index contributed by atoms with van der Waals surface area (Å²) in [6.07, 6.45) is 0. The molecule has 0 spiro atoms. The number of nitriles is 2. The minimum absolute atomic E-state index is 0.0527. The Morgan fingerprint density at radius 2 is 1.18 bits per heavy atom. The number of benzene rings is 1. The van der Waals surface area contributed by atoms with Crippen LogP contribution in [0.25, 0.3) is 0 Å². The maximum atomic E-state index is 9.68. The normalized spacial score (nSPS) is 16.2. The van der Waals surface area contributed by atoms with Crippen molar-refractivity contribution in [1.82, 2.24) is 0 Å². The molecule has 1 heterocycles. The smallest absolute Gasteiger partial charge is 0.144 e. The average Bonchev–Trinajstić information content (AvgIpc) is 3.48. The van der Waals surface area contributed by atoms with Gasteiger partial charge in [0.1, 0.15) is 75.5 Å². The first-order chi connectivity index (χ1) is 26.7. The summed E-state index contributed by atoms with van der Waals surface area (Å²) in [5, 5.41) is 84.9. The molecule has 1 aliphatic heterocycles. The van der Waals surface area contributed by atoms with E-state index in [1.165, 1.54) is 11.8 Å². The van der Waals surface area contributed by atoms with E-state index in [2.05, 4.69) is 27.3 Å². The van der Waals surface area contributed by atoms with E-state index >= 15 is 0 Å². The number of thioether (sulfide) groups is 1. The van der Waals surface area contributed by atoms with Crippen LogP contribution >= 0.6 is 11.8 Å². The highest BCUT2D eigenvalue weighted by Crippen LogP contribution is 2.43. The Kier molecular flexibility index (Phi) is 23.5. The predicted octanol–water partition coefficient (Wildman–Crippen LogP) is 0.541. The second-order valence-corrected chi connectivity index (χ2v) is 14.5. The zero-order chi connectivity index (χ0) is 40.5. The van der Waals surface area contributed by atoms with Crippen molar-refractivity contribution < 1.29 is 58.6 Å². The molecular formula is C37H63N7O10S+2. The number of anilines is 1. The molecule has 0 radical (unpaired) electrons. The third-order valence-corrected chi connectivity index (χ3v) is 11.2. The number of methoxy groups -OCH3 is 1. The number of aryl methyl sites for hydroxylation is 1. The zero-order valence-electron chi connectivity index (χ0n) is 32.7. The van der Waals surface area contributed by atoms with Crippen molar-refractivity contribution in [3.63, 3.8) is 0 Å². The molecule has 0 saturated heterocycles. The molecule has 0 aliphatic carbocycles. The maximum absolute atomic E-state index is 9.68. The second kappa shape index (κ2) is 26.8. The first-order valence-corrected chi connectivity index (χ1v) is 19.6. The highest BCUT2D eigenvalue weighted by molar-refractivity contribution is 8.04. The van der Waals surface area contributed by atoms with E-state index in [9.17, 15) is 41.2 Å². The summed E-state index contributed by atoms with van der Waals surface area (Å²) in [6.45, 7) is 9.91. The Bertz CT molecular complexity index is 1370. The lowest BCUT2D eigenvalue weighted by atomic mass is 10.0. The lowest BCUT2D eigenvalue weighted by molar-refractivity contribution is -0.929. The van der Waals surface area contributed by atoms with Gasteiger partial charge in [-0.25, -0.2) is 0 Å². The van der Waals surface area contributed by atoms with Gasteiger partial charge in [0.05, 0.1) is 109 Å². The predicted molar refractivity (Wildman–Crippen MR) is 208 cm³/mol. The van der Waals surface area contributed by atoms with Crippen LogP contribution in [-0.2, 0) is 14.2 Å². The highest BCUT2D eigenvalue weighted by atomic mass is 32.2. The Balaban J connectivity index is 2.14. The summed E-state index contributed by atoms with van der Waals surface area (Å²) in [5.74, 6) is 0.00716. The van der Waals surface area contributed by atoms with Crippen molar-refractivity contribution in [1.29, 1.82) is 10.5 Å². The minimum Gasteiger partial charge on any atom is -0.495 e. The Hall–Kier alpha value is -2.95. The molecule has 0 aromatic heterocycles. The largest absolute Gasteiger partial charge is 0.495 e. The van der Waals surface area contributed by atoms with Crippen molar-refractivity contribution in [2.75, 3.05) is 157 Å². The van der Waals surface area contributed by atoms with Gasteiger partial charge in [0.15, 0.2) is 0 Å². The van der Waals surface area contributed by atoms with Crippen LogP contribution < -0.4 is 9.64 Å². The molecule has 1 aromatic carbocycles. The number of azo groups is 1. The number of aliphatic hydroxyl groups excluding tert-OH is 6. The van der Waals surface area contributed by atoms with Crippen LogP contribution in [0, 0.1) is 35.5 Å². The summed E-state index contributed by atoms with van der Waals surface area (Å²) in [6, 6.07) is 8.11. The number of hydrogen-bond acceptors (Lipinski definition) is 16. The lowest BCUT2D eigenvalue weighted by Gasteiger charge is -2.37. The molecule has 0 amide bonds. The molecule has 2 rings (SSSR count). The Morgan fingerprint density at radius 3 is 1.62 bits per heavy atom. The number of ether oxygens (including phenoxy) is 4. The first-order valence-electron chi connectivity index (χ1n) is 18.8. The van der Waals surface area contributed by atoms with Crippen molar-refractivity contribution in [3.8, 4) is 17.9 Å². The fraction of sp³-hybridized carbons (Fsp3) is 0.730. The van der Waals surface area contributed by atoms with Crippen LogP contribution in [0.1, 0.15) is 12.5 Å². The van der Waals surface area contributed by atoms with Gasteiger partial charge in [-0.05, 0) is 31.1 Å². The number of hydrogen-bond donors (Lipinski definition) is 6. The van der Waals surface area contributed by atoms with Crippen molar-refractivity contribution in [3.05, 3.63) is 28.2 Å². The molecule has 1 aliphatic rings. The standard InChI is InChI=1S/C37H63N7O10S/c1-30-26-34(35(51-3)27-33(30)40-41-37-32(28-38)31(2)36(29-39)55-37)42(4-20-52-22-12-43(6-14-45,7-15-46)8-16-47)5-21-53-24-25-54-23-13-44(9-17-48,10-18-49)11-19-50/h26-27,32,37,45-50H,4-25H2,1-3H3/q+2/b41-40+. The van der Waals surface area contributed by atoms with Crippen LogP contribution in [-0.4, -0.2) is 197 Å². The van der Waals surface area contributed by atoms with Crippen molar-refractivity contribution in [2.24, 2.45) is 16.1 Å². The van der Waals surface area contributed by atoms with E-state index in [1.807, 2.05) is 13.0 Å². The summed E-state index contributed by atoms with van der Waals surface area (Å²) in [5.41, 5.74) is 2.87. The highest BCUT2D eigenvalue weighted by Gasteiger charge is 2.34. The maximum Gasteiger partial charge on any atom is 0.144 e. The zero-order valence-corrected chi connectivity index (χ0v) is 33.5. The average molecular weight is 798 g/mol. The number of nitrogens with zero attached hydrogens (tertiary/aromatic N) is 7. The monoisotopic (exact) mass is 797 g/mol. The molecule has 6 N–H and O–H groups in total. The summed E-state index contributed by atoms with van der Waals surface area (Å²) < 4.78 is 24.3. The molecule has 1 aromatic rings. The van der Waals surface area contributed by atoms with Crippen LogP contribution in [0.4, 0.5) is 11.4 Å². The third kappa shape index (κ3) is 15.5. The van der Waals surface area contributed by atoms with E-state index in [0.29, 0.717) is 136 Å². The molecule has 0 saturated carbocycles. The van der Waals surface area contributed by atoms with Crippen molar-refractivity contribution in [2.45, 2.75) is 19.2 Å². The molecule has 0 bridgehead atoms. The molecule has 17 nitrogen and oxygen atoms in total. The van der Waals surface area contributed by atoms with Gasteiger partial charge in [0.25, 0.3) is 0 Å². The number of aliphatic hydroxyl groups is 6. The van der Waals surface area contributed by atoms with E-state index in [4.69, 9.17) is 18.9 Å². The Labute approximate surface area is 329 Å². The summed E-state index contributed by atoms with van der Waals surface area (Å²) in [7, 11) is 1.57. The first kappa shape index (κ1) is 48.2. The quantitative estimate of drug-likeness (QED) is 0.0342. The molecule has 18 heteroatoms. The van der Waals surface area contributed by atoms with Crippen LogP contribution in [0.15, 0.2) is 32.8 Å². The molecule has 2 unspecified atom stereocenters. The molecule has 2 atom stereocenters. The Morgan fingerprint density at radius 1 is 0.709 bits per heavy atom. The fourth-order valence-corrected chi connectivity index (χ4v) is 7.66. The van der Waals surface area contributed by atoms with Gasteiger partial charge in [-0.15, -0.1) is 0 Å². The SMILES string of the molecule is COc1cc(/N=N/C2SC(C#N)=C(C)C2C#N)c(C)cc1N(CCOCCOCC[N+](CCO)(CCO)CCO)CCOCC[N+](CCO)(CCO)CCO. The van der Waals surface area contributed by atoms with Crippen molar-refractivity contribution >= 4 is 23.1 Å². The molecular weight excluding hydrogens is 735 g/mol. The number of rotatable bonds is 31. The third-order valence-electron chi connectivity index (χ3n) is 9.96. The summed E-state index contributed by atoms with van der Waals surface area (Å²) in [4.78, 5) is 2.57. The van der Waals surface area contributed by atoms with Gasteiger partial charge in [-0.2, -0.15) is 20.8 Å². The van der Waals surface area contributed by atoms with Crippen LogP contribution in [0.5, 0.6) is 5.75 Å². The van der Waals surface area contributed by atoms with Gasteiger partial charge in [0, 0.05) is 19.2 Å². The minimum atomic E-state index is -0.540. The molecule has 55 heavy (non-hydrogen) atoms. The van der Waals surface area contributed by atoms with E-state index in [0.717, 1.165) is 11.3 Å². The molecule has 310 valence electrons. The summed E-state index contributed by atoms with van der Waals surface area (Å²) >= 11 is 1.23. The van der Waals surface area contributed by atoms with Gasteiger partial charge < -0.3 is 63.5 Å². The number of allylic oxidation sites excluding steroid dienone is 1. The van der Waals surface area contributed by atoms with Gasteiger partial charge in [-0.1, -0.05) is 11.8 Å². The van der Waals surface area contributed by atoms with Gasteiger partial charge >= 0.3 is 0 Å². The topological polar surface area (TPSA) is 234 Å². The van der Waals surface area contributed by atoms with Gasteiger partial charge in [-0.3, -0.25) is 0 Å². The van der Waals surface area contributed by atoms with E-state index < -0.39 is 11.3 Å². The molecule has 0 fully saturated rings. The van der Waals surface area contributed by atoms with E-state index in [1.54, 1.807) is 20.1 Å². The van der Waals surface area contributed by atoms with E-state index in [-0.39, 0.29) is 39.6 Å². The van der Waals surface area contributed by atoms with Gasteiger partial charge in [0.2, 0.25) is 0 Å². The second-order valence-electron chi connectivity index (χ2n) is 13.4. The lowest BCUT2D eigenvalue weighted by Crippen LogP contribution is -2.55. The fourth-order valence-electron chi connectivity index (χ4n) is 6.56. The van der Waals surface area contributed by atoms with Crippen LogP contribution in [0.3, 0.4) is 0 Å². The number of quaternary nitrogens is 2.